The van der Waals surface area contributed by atoms with Crippen molar-refractivity contribution in [1.29, 1.82) is 0 Å². The smallest absolute Gasteiger partial charge is 0.140 e. The van der Waals surface area contributed by atoms with E-state index in [1.54, 1.807) is 29.8 Å². The normalized spacial score (nSPS) is 11.8. The molecule has 2 rings (SSSR count). The molecule has 2 aromatic heterocycles. The van der Waals surface area contributed by atoms with Crippen LogP contribution in [0.25, 0.3) is 9.75 Å². The molecule has 0 saturated carbocycles. The van der Waals surface area contributed by atoms with Gasteiger partial charge >= 0.3 is 0 Å². The Labute approximate surface area is 176 Å². The Hall–Kier alpha value is -1.16. The molecule has 0 aliphatic heterocycles. The lowest BCUT2D eigenvalue weighted by atomic mass is 10.3. The van der Waals surface area contributed by atoms with Crippen molar-refractivity contribution in [3.05, 3.63) is 21.9 Å². The van der Waals surface area contributed by atoms with Gasteiger partial charge in [-0.05, 0) is 19.9 Å². The monoisotopic (exact) mass is 430 g/mol. The lowest BCUT2D eigenvalue weighted by Crippen LogP contribution is -2.35. The van der Waals surface area contributed by atoms with Crippen LogP contribution in [-0.2, 0) is 14.3 Å². The maximum absolute atomic E-state index is 5.97. The van der Waals surface area contributed by atoms with E-state index in [-0.39, 0.29) is 0 Å². The van der Waals surface area contributed by atoms with Crippen LogP contribution in [0, 0.1) is 13.8 Å². The van der Waals surface area contributed by atoms with Gasteiger partial charge in [-0.25, -0.2) is 4.84 Å². The van der Waals surface area contributed by atoms with Crippen molar-refractivity contribution in [2.75, 3.05) is 67.9 Å². The number of rotatable bonds is 13. The lowest BCUT2D eigenvalue weighted by molar-refractivity contribution is -1.06. The van der Waals surface area contributed by atoms with Gasteiger partial charge in [0.2, 0.25) is 0 Å². The number of hydrogen-bond acceptors (Lipinski definition) is 7. The van der Waals surface area contributed by atoms with Gasteiger partial charge in [0.05, 0.1) is 50.7 Å². The topological polar surface area (TPSA) is 46.2 Å². The molecule has 0 bridgehead atoms. The van der Waals surface area contributed by atoms with E-state index < -0.39 is 0 Å². The van der Waals surface area contributed by atoms with Gasteiger partial charge in [0.1, 0.15) is 31.3 Å². The summed E-state index contributed by atoms with van der Waals surface area (Å²) in [7, 11) is 7.61. The molecule has 0 amide bonds. The Morgan fingerprint density at radius 1 is 0.821 bits per heavy atom. The summed E-state index contributed by atoms with van der Waals surface area (Å²) in [6.45, 7) is 7.48. The van der Waals surface area contributed by atoms with Gasteiger partial charge in [0.25, 0.3) is 0 Å². The summed E-state index contributed by atoms with van der Waals surface area (Å²) in [6, 6.07) is 4.18. The maximum Gasteiger partial charge on any atom is 0.140 e. The van der Waals surface area contributed by atoms with E-state index in [1.165, 1.54) is 4.88 Å². The average Bonchev–Trinajstić information content (AvgIpc) is 3.16. The second-order valence-corrected chi connectivity index (χ2v) is 9.62. The summed E-state index contributed by atoms with van der Waals surface area (Å²) in [5.74, 6) is 1.81. The minimum Gasteiger partial charge on any atom is -0.490 e. The highest BCUT2D eigenvalue weighted by molar-refractivity contribution is 7.22. The molecule has 8 heteroatoms. The molecular formula is C20H32NO5S2+. The van der Waals surface area contributed by atoms with Crippen LogP contribution in [0.15, 0.2) is 12.1 Å². The van der Waals surface area contributed by atoms with E-state index in [9.17, 15) is 0 Å². The first-order valence-corrected chi connectivity index (χ1v) is 10.9. The minimum absolute atomic E-state index is 0.460. The van der Waals surface area contributed by atoms with Crippen molar-refractivity contribution in [3.63, 3.8) is 0 Å². The number of thiophene rings is 2. The van der Waals surface area contributed by atoms with E-state index in [4.69, 9.17) is 23.8 Å². The van der Waals surface area contributed by atoms with Crippen LogP contribution in [0.3, 0.4) is 0 Å². The summed E-state index contributed by atoms with van der Waals surface area (Å²) in [5, 5.41) is 0. The van der Waals surface area contributed by atoms with Crippen molar-refractivity contribution in [2.45, 2.75) is 13.8 Å². The third-order valence-electron chi connectivity index (χ3n) is 3.65. The number of aryl methyl sites for hydroxylation is 2. The van der Waals surface area contributed by atoms with Crippen molar-refractivity contribution >= 4 is 22.7 Å². The highest BCUT2D eigenvalue weighted by Crippen LogP contribution is 2.44. The Morgan fingerprint density at radius 2 is 1.50 bits per heavy atom. The van der Waals surface area contributed by atoms with E-state index in [1.807, 2.05) is 21.1 Å². The highest BCUT2D eigenvalue weighted by Gasteiger charge is 2.16. The molecule has 28 heavy (non-hydrogen) atoms. The Morgan fingerprint density at radius 3 is 2.21 bits per heavy atom. The summed E-state index contributed by atoms with van der Waals surface area (Å²) >= 11 is 3.46. The van der Waals surface area contributed by atoms with Crippen molar-refractivity contribution < 1.29 is 28.4 Å². The number of methoxy groups -OCH3 is 1. The fourth-order valence-corrected chi connectivity index (χ4v) is 4.43. The summed E-state index contributed by atoms with van der Waals surface area (Å²) in [6.07, 6.45) is 0. The van der Waals surface area contributed by atoms with Gasteiger partial charge in [0.15, 0.2) is 0 Å². The van der Waals surface area contributed by atoms with Crippen LogP contribution in [0.2, 0.25) is 0 Å². The minimum atomic E-state index is 0.460. The zero-order valence-electron chi connectivity index (χ0n) is 17.7. The number of nitrogens with zero attached hydrogens (tertiary/aromatic N) is 1. The number of ether oxygens (including phenoxy) is 4. The first kappa shape index (κ1) is 23.1. The highest BCUT2D eigenvalue weighted by atomic mass is 32.1. The second kappa shape index (κ2) is 11.1. The average molecular weight is 431 g/mol. The Kier molecular flexibility index (Phi) is 9.20. The standard InChI is InChI=1S/C20H32NO5S2/c1-15-13-18(25-10-9-23-8-7-22-6)20(27-15)19-14-17(16(2)28-19)24-11-12-26-21(3,4)5/h13-14H,7-12H2,1-6H3/q+1. The molecule has 158 valence electrons. The first-order valence-electron chi connectivity index (χ1n) is 9.29. The maximum atomic E-state index is 5.97. The molecule has 6 nitrogen and oxygen atoms in total. The molecule has 0 aliphatic carbocycles. The second-order valence-electron chi connectivity index (χ2n) is 7.11. The predicted octanol–water partition coefficient (Wildman–Crippen LogP) is 4.15. The number of hydrogen-bond donors (Lipinski definition) is 0. The van der Waals surface area contributed by atoms with Crippen molar-refractivity contribution in [1.82, 2.24) is 0 Å². The molecule has 2 heterocycles. The Bertz CT molecular complexity index is 721. The molecule has 0 fully saturated rings. The van der Waals surface area contributed by atoms with Gasteiger partial charge in [-0.1, -0.05) is 0 Å². The van der Waals surface area contributed by atoms with Crippen LogP contribution in [0.1, 0.15) is 9.75 Å². The van der Waals surface area contributed by atoms with Gasteiger partial charge in [-0.2, -0.15) is 4.65 Å². The van der Waals surface area contributed by atoms with Crippen LogP contribution >= 0.6 is 22.7 Å². The van der Waals surface area contributed by atoms with E-state index in [0.717, 1.165) is 26.1 Å². The molecule has 0 aromatic carbocycles. The molecule has 0 aliphatic rings. The van der Waals surface area contributed by atoms with E-state index >= 15 is 0 Å². The molecule has 2 aromatic rings. The van der Waals surface area contributed by atoms with Crippen LogP contribution in [0.5, 0.6) is 11.5 Å². The van der Waals surface area contributed by atoms with Crippen molar-refractivity contribution in [3.8, 4) is 21.3 Å². The fraction of sp³-hybridized carbons (Fsp3) is 0.600. The number of quaternary nitrogens is 1. The third kappa shape index (κ3) is 7.69. The molecule has 0 atom stereocenters. The predicted molar refractivity (Wildman–Crippen MR) is 115 cm³/mol. The summed E-state index contributed by atoms with van der Waals surface area (Å²) < 4.78 is 22.8. The lowest BCUT2D eigenvalue weighted by Gasteiger charge is -2.20. The van der Waals surface area contributed by atoms with Gasteiger partial charge in [-0.15, -0.1) is 22.7 Å². The summed E-state index contributed by atoms with van der Waals surface area (Å²) in [5.41, 5.74) is 0. The first-order chi connectivity index (χ1) is 13.3. The quantitative estimate of drug-likeness (QED) is 0.271. The van der Waals surface area contributed by atoms with E-state index in [0.29, 0.717) is 44.3 Å². The van der Waals surface area contributed by atoms with Crippen LogP contribution in [-0.4, -0.2) is 72.5 Å². The fourth-order valence-electron chi connectivity index (χ4n) is 2.41. The third-order valence-corrected chi connectivity index (χ3v) is 5.90. The zero-order valence-corrected chi connectivity index (χ0v) is 19.3. The molecule has 0 spiro atoms. The number of hydroxylamine groups is 3. The van der Waals surface area contributed by atoms with Crippen molar-refractivity contribution in [2.24, 2.45) is 0 Å². The van der Waals surface area contributed by atoms with Gasteiger partial charge in [0, 0.05) is 22.9 Å². The molecule has 0 N–H and O–H groups in total. The SMILES string of the molecule is COCCOCCOc1cc(C)sc1-c1cc(OCCO[N+](C)(C)C)c(C)s1. The summed E-state index contributed by atoms with van der Waals surface area (Å²) in [4.78, 5) is 10.3. The largest absolute Gasteiger partial charge is 0.490 e. The molecule has 0 radical (unpaired) electrons. The molecular weight excluding hydrogens is 398 g/mol. The van der Waals surface area contributed by atoms with Gasteiger partial charge < -0.3 is 18.9 Å². The Balaban J connectivity index is 1.94. The zero-order chi connectivity index (χ0) is 20.6. The van der Waals surface area contributed by atoms with Crippen LogP contribution < -0.4 is 9.47 Å². The van der Waals surface area contributed by atoms with E-state index in [2.05, 4.69) is 26.0 Å². The molecule has 0 unspecified atom stereocenters. The van der Waals surface area contributed by atoms with Crippen LogP contribution in [0.4, 0.5) is 0 Å². The molecule has 0 saturated heterocycles. The van der Waals surface area contributed by atoms with Gasteiger partial charge in [-0.3, -0.25) is 0 Å².